The van der Waals surface area contributed by atoms with Crippen molar-refractivity contribution in [1.82, 2.24) is 37.0 Å². The zero-order chi connectivity index (χ0) is 42.2. The van der Waals surface area contributed by atoms with Crippen LogP contribution in [0, 0.1) is 11.7 Å². The number of carbonyl (C=O) groups is 6. The summed E-state index contributed by atoms with van der Waals surface area (Å²) in [5.74, 6) is 0.690. The molecule has 58 heavy (non-hydrogen) atoms. The monoisotopic (exact) mass is 800 g/mol. The Hall–Kier alpha value is -5.85. The highest BCUT2D eigenvalue weighted by atomic mass is 19.1. The van der Waals surface area contributed by atoms with Crippen molar-refractivity contribution in [2.24, 2.45) is 23.2 Å². The van der Waals surface area contributed by atoms with Gasteiger partial charge in [0.05, 0.1) is 18.6 Å². The summed E-state index contributed by atoms with van der Waals surface area (Å²) in [6.45, 7) is 3.40. The van der Waals surface area contributed by atoms with E-state index in [1.165, 1.54) is 12.1 Å². The summed E-state index contributed by atoms with van der Waals surface area (Å²) in [5, 5.41) is 14.2. The van der Waals surface area contributed by atoms with Crippen molar-refractivity contribution in [2.45, 2.75) is 76.4 Å². The number of H-pyrrole nitrogens is 1. The fourth-order valence-electron chi connectivity index (χ4n) is 6.35. The molecule has 0 aliphatic heterocycles. The van der Waals surface area contributed by atoms with Crippen molar-refractivity contribution < 1.29 is 33.2 Å². The molecule has 310 valence electrons. The van der Waals surface area contributed by atoms with Crippen molar-refractivity contribution in [3.63, 3.8) is 0 Å². The number of para-hydroxylation sites is 1. The number of carbonyl (C=O) groups excluding carboxylic acids is 6. The van der Waals surface area contributed by atoms with Crippen LogP contribution in [-0.4, -0.2) is 83.7 Å². The molecule has 3 aromatic carbocycles. The number of aromatic nitrogens is 1. The third-order valence-electron chi connectivity index (χ3n) is 9.33. The van der Waals surface area contributed by atoms with Crippen molar-refractivity contribution in [1.29, 1.82) is 0 Å². The average Bonchev–Trinajstić information content (AvgIpc) is 3.61. The summed E-state index contributed by atoms with van der Waals surface area (Å²) in [6, 6.07) is 16.5. The first-order valence-corrected chi connectivity index (χ1v) is 19.1. The summed E-state index contributed by atoms with van der Waals surface area (Å²) in [5.41, 5.74) is 16.1. The van der Waals surface area contributed by atoms with Crippen LogP contribution in [0.25, 0.3) is 10.9 Å². The minimum absolute atomic E-state index is 0.0330. The highest BCUT2D eigenvalue weighted by Crippen LogP contribution is 2.20. The van der Waals surface area contributed by atoms with E-state index >= 15 is 0 Å². The second kappa shape index (κ2) is 22.2. The zero-order valence-electron chi connectivity index (χ0n) is 32.6. The Labute approximate surface area is 336 Å². The van der Waals surface area contributed by atoms with Crippen LogP contribution in [-0.2, 0) is 36.8 Å². The molecular weight excluding hydrogens is 748 g/mol. The number of hydrogen-bond acceptors (Lipinski definition) is 11. The Morgan fingerprint density at radius 2 is 1.41 bits per heavy atom. The molecule has 0 aliphatic rings. The van der Waals surface area contributed by atoms with E-state index in [-0.39, 0.29) is 43.7 Å². The second-order valence-corrected chi connectivity index (χ2v) is 14.4. The zero-order valence-corrected chi connectivity index (χ0v) is 32.6. The predicted octanol–water partition coefficient (Wildman–Crippen LogP) is 0.564. The summed E-state index contributed by atoms with van der Waals surface area (Å²) < 4.78 is 13.5. The molecule has 0 radical (unpaired) electrons. The number of aromatic amines is 1. The number of hydrogen-bond donors (Lipinski definition) is 10. The van der Waals surface area contributed by atoms with Gasteiger partial charge in [0.15, 0.2) is 0 Å². The molecule has 4 amide bonds. The number of Topliss-reactive ketones (excluding diaryl/α,β-unsaturated/α-hetero) is 2. The number of halogens is 1. The lowest BCUT2D eigenvalue weighted by atomic mass is 9.94. The average molecular weight is 801 g/mol. The van der Waals surface area contributed by atoms with Gasteiger partial charge in [-0.3, -0.25) is 39.9 Å². The molecule has 17 heteroatoms. The van der Waals surface area contributed by atoms with E-state index in [4.69, 9.17) is 17.3 Å². The van der Waals surface area contributed by atoms with Gasteiger partial charge < -0.3 is 37.7 Å². The quantitative estimate of drug-likeness (QED) is 0.0163. The molecule has 1 heterocycles. The Bertz CT molecular complexity index is 2010. The lowest BCUT2D eigenvalue weighted by Crippen LogP contribution is -2.57. The van der Waals surface area contributed by atoms with Crippen LogP contribution in [0.15, 0.2) is 85.1 Å². The van der Waals surface area contributed by atoms with Crippen LogP contribution in [0.3, 0.4) is 0 Å². The first kappa shape index (κ1) is 44.9. The van der Waals surface area contributed by atoms with Crippen molar-refractivity contribution in [3.8, 4) is 0 Å². The number of benzene rings is 3. The topological polar surface area (TPSA) is 268 Å². The fraction of sp³-hybridized carbons (Fsp3) is 0.366. The van der Waals surface area contributed by atoms with E-state index in [1.54, 1.807) is 36.5 Å². The maximum atomic E-state index is 13.8. The molecule has 0 unspecified atom stereocenters. The standard InChI is InChI=1S/C41H53FN10O6/c1-24(2)19-33(49-35(53)23-48-39(57)34(20-25-9-4-3-5-10-25)51-38(56)26-14-16-28(42)17-15-26)40(58)50-31(13-8-18-46-41(43)44)36(54)37(55)32(52-45)21-27-22-47-30-12-7-6-11-29(27)30/h3-7,9-12,14-17,22,24,31-34,41,46-47,52H,8,13,18-21,23,43-45H2,1-2H3,(H,48,57)(H,49,53)(H,50,58)(H,51,56)/t31-,32-,33+,34-/m0/s1. The van der Waals surface area contributed by atoms with E-state index in [9.17, 15) is 33.2 Å². The van der Waals surface area contributed by atoms with Gasteiger partial charge in [0.2, 0.25) is 29.3 Å². The third kappa shape index (κ3) is 13.7. The highest BCUT2D eigenvalue weighted by molar-refractivity contribution is 6.41. The number of nitrogens with two attached hydrogens (primary N) is 3. The first-order chi connectivity index (χ1) is 27.7. The van der Waals surface area contributed by atoms with Crippen LogP contribution in [0.2, 0.25) is 0 Å². The van der Waals surface area contributed by atoms with Gasteiger partial charge in [-0.25, -0.2) is 9.82 Å². The summed E-state index contributed by atoms with van der Waals surface area (Å²) in [4.78, 5) is 84.1. The Balaban J connectivity index is 1.44. The maximum Gasteiger partial charge on any atom is 0.251 e. The van der Waals surface area contributed by atoms with Crippen LogP contribution < -0.4 is 49.3 Å². The normalized spacial score (nSPS) is 13.4. The molecule has 4 rings (SSSR count). The van der Waals surface area contributed by atoms with Crippen LogP contribution in [0.1, 0.15) is 54.6 Å². The van der Waals surface area contributed by atoms with E-state index in [0.717, 1.165) is 34.2 Å². The first-order valence-electron chi connectivity index (χ1n) is 19.1. The van der Waals surface area contributed by atoms with Crippen molar-refractivity contribution in [3.05, 3.63) is 108 Å². The van der Waals surface area contributed by atoms with Crippen LogP contribution in [0.5, 0.6) is 0 Å². The van der Waals surface area contributed by atoms with Gasteiger partial charge in [-0.05, 0) is 79.6 Å². The number of rotatable bonds is 23. The Morgan fingerprint density at radius 1 is 0.741 bits per heavy atom. The van der Waals surface area contributed by atoms with Gasteiger partial charge in [-0.2, -0.15) is 0 Å². The van der Waals surface area contributed by atoms with Gasteiger partial charge >= 0.3 is 0 Å². The number of nitrogens with one attached hydrogen (secondary N) is 7. The van der Waals surface area contributed by atoms with Gasteiger partial charge in [0.25, 0.3) is 5.91 Å². The SMILES string of the molecule is CC(C)C[C@@H](NC(=O)CNC(=O)[C@H](Cc1ccccc1)NC(=O)c1ccc(F)cc1)C(=O)N[C@@H](CCCNC(N)N)C(=O)C(=O)[C@H](Cc1c[nH]c2ccccc12)NN. The molecule has 4 aromatic rings. The fourth-order valence-corrected chi connectivity index (χ4v) is 6.35. The Morgan fingerprint density at radius 3 is 2.09 bits per heavy atom. The molecule has 0 spiro atoms. The molecule has 0 saturated carbocycles. The van der Waals surface area contributed by atoms with Crippen molar-refractivity contribution >= 4 is 46.1 Å². The molecule has 0 saturated heterocycles. The smallest absolute Gasteiger partial charge is 0.251 e. The van der Waals surface area contributed by atoms with Gasteiger partial charge in [-0.1, -0.05) is 62.4 Å². The van der Waals surface area contributed by atoms with Crippen molar-refractivity contribution in [2.75, 3.05) is 13.1 Å². The summed E-state index contributed by atoms with van der Waals surface area (Å²) in [6.07, 6.45) is 1.58. The lowest BCUT2D eigenvalue weighted by Gasteiger charge is -2.25. The molecule has 16 nitrogen and oxygen atoms in total. The van der Waals surface area contributed by atoms with Gasteiger partial charge in [0, 0.05) is 29.1 Å². The minimum Gasteiger partial charge on any atom is -0.361 e. The van der Waals surface area contributed by atoms with Crippen LogP contribution >= 0.6 is 0 Å². The number of ketones is 2. The summed E-state index contributed by atoms with van der Waals surface area (Å²) >= 11 is 0. The number of fused-ring (bicyclic) bond motifs is 1. The highest BCUT2D eigenvalue weighted by Gasteiger charge is 2.34. The number of hydrazine groups is 1. The molecule has 1 aromatic heterocycles. The molecule has 0 fully saturated rings. The van der Waals surface area contributed by atoms with Gasteiger partial charge in [0.1, 0.15) is 24.2 Å². The molecule has 0 aliphatic carbocycles. The minimum atomic E-state index is -1.29. The van der Waals surface area contributed by atoms with E-state index < -0.39 is 78.0 Å². The molecule has 4 atom stereocenters. The maximum absolute atomic E-state index is 13.8. The van der Waals surface area contributed by atoms with Crippen LogP contribution in [0.4, 0.5) is 4.39 Å². The third-order valence-corrected chi connectivity index (χ3v) is 9.33. The van der Waals surface area contributed by atoms with E-state index in [0.29, 0.717) is 6.42 Å². The largest absolute Gasteiger partial charge is 0.361 e. The number of amides is 4. The van der Waals surface area contributed by atoms with Gasteiger partial charge in [-0.15, -0.1) is 0 Å². The molecule has 13 N–H and O–H groups in total. The molecule has 0 bridgehead atoms. The summed E-state index contributed by atoms with van der Waals surface area (Å²) in [7, 11) is 0. The second-order valence-electron chi connectivity index (χ2n) is 14.4. The Kier molecular flexibility index (Phi) is 17.2. The predicted molar refractivity (Wildman–Crippen MR) is 217 cm³/mol. The molecular formula is C41H53FN10O6. The van der Waals surface area contributed by atoms with E-state index in [2.05, 4.69) is 37.0 Å². The lowest BCUT2D eigenvalue weighted by molar-refractivity contribution is -0.140. The van der Waals surface area contributed by atoms with E-state index in [1.807, 2.05) is 38.1 Å².